The summed E-state index contributed by atoms with van der Waals surface area (Å²) in [5.74, 6) is 0.623. The number of benzene rings is 2. The fourth-order valence-electron chi connectivity index (χ4n) is 4.30. The third-order valence-electron chi connectivity index (χ3n) is 5.73. The second-order valence-corrected chi connectivity index (χ2v) is 7.28. The summed E-state index contributed by atoms with van der Waals surface area (Å²) >= 11 is 0. The molecule has 0 atom stereocenters. The number of rotatable bonds is 5. The van der Waals surface area contributed by atoms with E-state index in [1.165, 1.54) is 37.7 Å². The Kier molecular flexibility index (Phi) is 9.18. The van der Waals surface area contributed by atoms with Gasteiger partial charge in [-0.1, -0.05) is 95.5 Å². The van der Waals surface area contributed by atoms with Crippen LogP contribution in [0, 0.1) is 0 Å². The van der Waals surface area contributed by atoms with Crippen LogP contribution in [0.5, 0.6) is 0 Å². The van der Waals surface area contributed by atoms with Gasteiger partial charge < -0.3 is 4.42 Å². The van der Waals surface area contributed by atoms with Crippen LogP contribution in [-0.4, -0.2) is 5.78 Å². The minimum atomic E-state index is 0.122. The average molecular weight is 393 g/mol. The summed E-state index contributed by atoms with van der Waals surface area (Å²) < 4.78 is 5.76. The van der Waals surface area contributed by atoms with Crippen LogP contribution in [0.4, 0.5) is 0 Å². The minimum Gasteiger partial charge on any atom is -0.453 e. The van der Waals surface area contributed by atoms with E-state index in [4.69, 9.17) is 4.42 Å². The van der Waals surface area contributed by atoms with Gasteiger partial charge >= 0.3 is 0 Å². The van der Waals surface area contributed by atoms with Gasteiger partial charge in [0.2, 0.25) is 0 Å². The first-order valence-corrected chi connectivity index (χ1v) is 11.3. The van der Waals surface area contributed by atoms with E-state index in [9.17, 15) is 4.79 Å². The van der Waals surface area contributed by atoms with Crippen LogP contribution < -0.4 is 0 Å². The molecule has 29 heavy (non-hydrogen) atoms. The number of para-hydroxylation sites is 1. The maximum atomic E-state index is 12.7. The molecule has 0 unspecified atom stereocenters. The third-order valence-corrected chi connectivity index (χ3v) is 5.73. The first-order chi connectivity index (χ1) is 14.3. The van der Waals surface area contributed by atoms with E-state index in [0.717, 1.165) is 17.4 Å². The number of fused-ring (bicyclic) bond motifs is 1. The first-order valence-electron chi connectivity index (χ1n) is 11.3. The number of ketones is 1. The normalized spacial score (nSPS) is 14.9. The second-order valence-electron chi connectivity index (χ2n) is 7.28. The van der Waals surface area contributed by atoms with E-state index in [1.807, 2.05) is 58.0 Å². The molecule has 1 aromatic heterocycles. The van der Waals surface area contributed by atoms with Crippen molar-refractivity contribution in [3.63, 3.8) is 0 Å². The molecule has 1 aliphatic carbocycles. The molecule has 0 amide bonds. The second kappa shape index (κ2) is 11.6. The Balaban J connectivity index is 0.000000707. The molecule has 0 saturated heterocycles. The highest BCUT2D eigenvalue weighted by Gasteiger charge is 2.34. The molecule has 156 valence electrons. The molecule has 2 heteroatoms. The lowest BCUT2D eigenvalue weighted by Crippen LogP contribution is -2.29. The summed E-state index contributed by atoms with van der Waals surface area (Å²) in [7, 11) is 0. The van der Waals surface area contributed by atoms with Crippen molar-refractivity contribution in [3.05, 3.63) is 72.0 Å². The summed E-state index contributed by atoms with van der Waals surface area (Å²) in [5.41, 5.74) is 2.34. The fraction of sp³-hybridized carbons (Fsp3) is 0.444. The molecule has 1 fully saturated rings. The largest absolute Gasteiger partial charge is 0.453 e. The lowest BCUT2D eigenvalue weighted by Gasteiger charge is -2.38. The molecule has 0 N–H and O–H groups in total. The zero-order chi connectivity index (χ0) is 21.1. The molecular formula is C27H36O2. The lowest BCUT2D eigenvalue weighted by molar-refractivity contribution is 0.0938. The molecule has 1 aliphatic rings. The van der Waals surface area contributed by atoms with Gasteiger partial charge in [0, 0.05) is 11.8 Å². The van der Waals surface area contributed by atoms with Crippen LogP contribution in [0.3, 0.4) is 0 Å². The van der Waals surface area contributed by atoms with Crippen molar-refractivity contribution in [2.45, 2.75) is 78.1 Å². The maximum Gasteiger partial charge on any atom is 0.198 e. The van der Waals surface area contributed by atoms with Crippen molar-refractivity contribution in [1.29, 1.82) is 0 Å². The van der Waals surface area contributed by atoms with Crippen molar-refractivity contribution in [2.24, 2.45) is 0 Å². The van der Waals surface area contributed by atoms with Crippen LogP contribution in [0.1, 0.15) is 88.8 Å². The molecule has 2 aromatic carbocycles. The van der Waals surface area contributed by atoms with Gasteiger partial charge in [-0.25, -0.2) is 0 Å². The van der Waals surface area contributed by atoms with Crippen LogP contribution in [-0.2, 0) is 5.41 Å². The standard InChI is InChI=1S/C23H24O2.2C2H6/c24-20(22-17-18-9-5-6-12-21(18)25-22)13-16-23(14-7-2-8-15-23)19-10-3-1-4-11-19;2*1-2/h1,3-6,9-12,17H,2,7-8,13-16H2;2*1-2H3. The molecule has 1 heterocycles. The summed E-state index contributed by atoms with van der Waals surface area (Å²) in [5, 5.41) is 1.00. The van der Waals surface area contributed by atoms with E-state index in [0.29, 0.717) is 12.2 Å². The van der Waals surface area contributed by atoms with Crippen LogP contribution >= 0.6 is 0 Å². The highest BCUT2D eigenvalue weighted by Crippen LogP contribution is 2.43. The summed E-state index contributed by atoms with van der Waals surface area (Å²) in [4.78, 5) is 12.7. The molecule has 1 saturated carbocycles. The van der Waals surface area contributed by atoms with E-state index in [2.05, 4.69) is 30.3 Å². The first kappa shape index (κ1) is 22.9. The van der Waals surface area contributed by atoms with Gasteiger partial charge in [-0.05, 0) is 42.4 Å². The molecule has 3 aromatic rings. The SMILES string of the molecule is CC.CC.O=C(CCC1(c2ccccc2)CCCCC1)c1cc2ccccc2o1. The maximum absolute atomic E-state index is 12.7. The molecular weight excluding hydrogens is 356 g/mol. The zero-order valence-corrected chi connectivity index (χ0v) is 18.5. The summed E-state index contributed by atoms with van der Waals surface area (Å²) in [6.07, 6.45) is 7.66. The highest BCUT2D eigenvalue weighted by molar-refractivity contribution is 5.97. The van der Waals surface area contributed by atoms with E-state index in [1.54, 1.807) is 0 Å². The molecule has 0 bridgehead atoms. The van der Waals surface area contributed by atoms with Crippen LogP contribution in [0.25, 0.3) is 11.0 Å². The number of carbonyl (C=O) groups excluding carboxylic acids is 1. The molecule has 2 nitrogen and oxygen atoms in total. The molecule has 0 aliphatic heterocycles. The number of furan rings is 1. The van der Waals surface area contributed by atoms with E-state index < -0.39 is 0 Å². The van der Waals surface area contributed by atoms with Gasteiger partial charge in [0.05, 0.1) is 0 Å². The van der Waals surface area contributed by atoms with Gasteiger partial charge in [0.15, 0.2) is 11.5 Å². The summed E-state index contributed by atoms with van der Waals surface area (Å²) in [6, 6.07) is 20.5. The van der Waals surface area contributed by atoms with Crippen molar-refractivity contribution < 1.29 is 9.21 Å². The van der Waals surface area contributed by atoms with Crippen LogP contribution in [0.2, 0.25) is 0 Å². The Morgan fingerprint density at radius 1 is 0.862 bits per heavy atom. The smallest absolute Gasteiger partial charge is 0.198 e. The Hall–Kier alpha value is -2.35. The number of carbonyl (C=O) groups is 1. The van der Waals surface area contributed by atoms with Gasteiger partial charge in [-0.2, -0.15) is 0 Å². The van der Waals surface area contributed by atoms with Crippen LogP contribution in [0.15, 0.2) is 65.1 Å². The van der Waals surface area contributed by atoms with Crippen molar-refractivity contribution >= 4 is 16.8 Å². The predicted molar refractivity (Wildman–Crippen MR) is 124 cm³/mol. The predicted octanol–water partition coefficient (Wildman–Crippen LogP) is 8.35. The number of Topliss-reactive ketones (excluding diaryl/α,β-unsaturated/α-hetero) is 1. The Morgan fingerprint density at radius 2 is 1.48 bits per heavy atom. The Morgan fingerprint density at radius 3 is 2.14 bits per heavy atom. The Bertz CT molecular complexity index is 821. The van der Waals surface area contributed by atoms with E-state index in [-0.39, 0.29) is 11.2 Å². The van der Waals surface area contributed by atoms with Gasteiger partial charge in [0.25, 0.3) is 0 Å². The van der Waals surface area contributed by atoms with Gasteiger partial charge in [0.1, 0.15) is 5.58 Å². The summed E-state index contributed by atoms with van der Waals surface area (Å²) in [6.45, 7) is 8.00. The topological polar surface area (TPSA) is 30.2 Å². The van der Waals surface area contributed by atoms with Gasteiger partial charge in [-0.15, -0.1) is 0 Å². The fourth-order valence-corrected chi connectivity index (χ4v) is 4.30. The molecule has 0 spiro atoms. The van der Waals surface area contributed by atoms with Crippen molar-refractivity contribution in [3.8, 4) is 0 Å². The van der Waals surface area contributed by atoms with Crippen molar-refractivity contribution in [2.75, 3.05) is 0 Å². The molecule has 0 radical (unpaired) electrons. The highest BCUT2D eigenvalue weighted by atomic mass is 16.3. The Labute approximate surface area is 176 Å². The lowest BCUT2D eigenvalue weighted by atomic mass is 9.66. The van der Waals surface area contributed by atoms with Gasteiger partial charge in [-0.3, -0.25) is 4.79 Å². The zero-order valence-electron chi connectivity index (χ0n) is 18.5. The quantitative estimate of drug-likeness (QED) is 0.408. The average Bonchev–Trinajstić information content (AvgIpc) is 3.26. The molecule has 4 rings (SSSR count). The van der Waals surface area contributed by atoms with E-state index >= 15 is 0 Å². The third kappa shape index (κ3) is 5.59. The minimum absolute atomic E-state index is 0.122. The number of hydrogen-bond acceptors (Lipinski definition) is 2. The van der Waals surface area contributed by atoms with Crippen molar-refractivity contribution in [1.82, 2.24) is 0 Å². The monoisotopic (exact) mass is 392 g/mol. The number of hydrogen-bond donors (Lipinski definition) is 0.